The van der Waals surface area contributed by atoms with Gasteiger partial charge in [-0.15, -0.1) is 10.2 Å². The topological polar surface area (TPSA) is 63.1 Å². The average Bonchev–Trinajstić information content (AvgIpc) is 3.45. The first-order valence-corrected chi connectivity index (χ1v) is 10.3. The van der Waals surface area contributed by atoms with E-state index in [-0.39, 0.29) is 5.91 Å². The molecule has 1 aliphatic heterocycles. The number of nitrogens with zero attached hydrogens (tertiary/aromatic N) is 4. The predicted octanol–water partition coefficient (Wildman–Crippen LogP) is 2.32. The van der Waals surface area contributed by atoms with Gasteiger partial charge in [0.1, 0.15) is 0 Å². The molecule has 0 unspecified atom stereocenters. The zero-order valence-corrected chi connectivity index (χ0v) is 15.9. The minimum absolute atomic E-state index is 0.0872. The third kappa shape index (κ3) is 4.10. The number of carbonyl (C=O) groups is 1. The van der Waals surface area contributed by atoms with Crippen molar-refractivity contribution in [1.29, 1.82) is 0 Å². The normalized spacial score (nSPS) is 18.8. The van der Waals surface area contributed by atoms with Crippen LogP contribution in [0.1, 0.15) is 25.7 Å². The molecular weight excluding hydrogens is 346 g/mol. The van der Waals surface area contributed by atoms with Gasteiger partial charge >= 0.3 is 0 Å². The van der Waals surface area contributed by atoms with Gasteiger partial charge in [0, 0.05) is 37.8 Å². The fourth-order valence-corrected chi connectivity index (χ4v) is 4.25. The van der Waals surface area contributed by atoms with Gasteiger partial charge in [0.15, 0.2) is 11.0 Å². The Morgan fingerprint density at radius 2 is 1.88 bits per heavy atom. The van der Waals surface area contributed by atoms with Crippen molar-refractivity contribution in [2.45, 2.75) is 42.9 Å². The molecule has 0 atom stereocenters. The van der Waals surface area contributed by atoms with Crippen molar-refractivity contribution in [3.8, 4) is 11.4 Å². The van der Waals surface area contributed by atoms with E-state index < -0.39 is 0 Å². The quantitative estimate of drug-likeness (QED) is 0.790. The molecule has 2 aliphatic rings. The zero-order valence-electron chi connectivity index (χ0n) is 15.1. The van der Waals surface area contributed by atoms with Crippen molar-refractivity contribution < 1.29 is 4.79 Å². The molecule has 4 rings (SSSR count). The Bertz CT molecular complexity index is 751. The highest BCUT2D eigenvalue weighted by Gasteiger charge is 2.32. The van der Waals surface area contributed by atoms with Crippen molar-refractivity contribution in [2.75, 3.05) is 18.8 Å². The van der Waals surface area contributed by atoms with Crippen LogP contribution in [0.5, 0.6) is 0 Å². The molecule has 1 saturated heterocycles. The minimum Gasteiger partial charge on any atom is -0.353 e. The Morgan fingerprint density at radius 3 is 2.58 bits per heavy atom. The second-order valence-electron chi connectivity index (χ2n) is 7.13. The van der Waals surface area contributed by atoms with Gasteiger partial charge in [-0.1, -0.05) is 42.1 Å². The number of hydrogen-bond donors (Lipinski definition) is 1. The molecule has 1 aromatic carbocycles. The molecule has 26 heavy (non-hydrogen) atoms. The molecule has 0 bridgehead atoms. The van der Waals surface area contributed by atoms with E-state index in [1.54, 1.807) is 0 Å². The van der Waals surface area contributed by atoms with Gasteiger partial charge in [-0.3, -0.25) is 4.79 Å². The van der Waals surface area contributed by atoms with Crippen molar-refractivity contribution in [2.24, 2.45) is 7.05 Å². The van der Waals surface area contributed by atoms with Gasteiger partial charge in [0.25, 0.3) is 0 Å². The van der Waals surface area contributed by atoms with Crippen LogP contribution in [0.2, 0.25) is 0 Å². The molecule has 1 amide bonds. The zero-order chi connectivity index (χ0) is 17.9. The maximum absolute atomic E-state index is 12.3. The van der Waals surface area contributed by atoms with Gasteiger partial charge in [0.2, 0.25) is 5.91 Å². The summed E-state index contributed by atoms with van der Waals surface area (Å²) in [6.07, 6.45) is 4.84. The van der Waals surface area contributed by atoms with Crippen LogP contribution >= 0.6 is 11.8 Å². The van der Waals surface area contributed by atoms with Gasteiger partial charge in [0.05, 0.1) is 5.75 Å². The third-order valence-corrected chi connectivity index (χ3v) is 6.18. The van der Waals surface area contributed by atoms with Crippen LogP contribution in [0.4, 0.5) is 0 Å². The first kappa shape index (κ1) is 17.5. The summed E-state index contributed by atoms with van der Waals surface area (Å²) in [4.78, 5) is 14.9. The Hall–Kier alpha value is -1.86. The highest BCUT2D eigenvalue weighted by atomic mass is 32.2. The number of likely N-dealkylation sites (tertiary alicyclic amines) is 1. The van der Waals surface area contributed by atoms with Crippen LogP contribution in [0.3, 0.4) is 0 Å². The van der Waals surface area contributed by atoms with Crippen LogP contribution in [0, 0.1) is 0 Å². The Labute approximate surface area is 158 Å². The lowest BCUT2D eigenvalue weighted by atomic mass is 10.1. The third-order valence-electron chi connectivity index (χ3n) is 5.16. The molecule has 138 valence electrons. The molecule has 7 heteroatoms. The van der Waals surface area contributed by atoms with Crippen molar-refractivity contribution in [1.82, 2.24) is 25.0 Å². The van der Waals surface area contributed by atoms with E-state index in [0.29, 0.717) is 11.8 Å². The van der Waals surface area contributed by atoms with Crippen LogP contribution < -0.4 is 5.32 Å². The van der Waals surface area contributed by atoms with E-state index in [1.807, 2.05) is 41.9 Å². The predicted molar refractivity (Wildman–Crippen MR) is 103 cm³/mol. The molecule has 1 aliphatic carbocycles. The lowest BCUT2D eigenvalue weighted by Gasteiger charge is -2.32. The van der Waals surface area contributed by atoms with Gasteiger partial charge < -0.3 is 14.8 Å². The molecular formula is C19H25N5OS. The summed E-state index contributed by atoms with van der Waals surface area (Å²) in [5.74, 6) is 1.29. The first-order valence-electron chi connectivity index (χ1n) is 9.32. The molecule has 0 radical (unpaired) electrons. The van der Waals surface area contributed by atoms with E-state index in [0.717, 1.165) is 48.5 Å². The fourth-order valence-electron chi connectivity index (χ4n) is 3.53. The number of rotatable bonds is 6. The molecule has 2 heterocycles. The number of hydrogen-bond acceptors (Lipinski definition) is 5. The lowest BCUT2D eigenvalue weighted by molar-refractivity contribution is -0.119. The number of carbonyl (C=O) groups excluding carboxylic acids is 1. The van der Waals surface area contributed by atoms with E-state index in [1.165, 1.54) is 24.6 Å². The second-order valence-corrected chi connectivity index (χ2v) is 8.07. The number of amides is 1. The summed E-state index contributed by atoms with van der Waals surface area (Å²) in [5.41, 5.74) is 1.03. The highest BCUT2D eigenvalue weighted by Crippen LogP contribution is 2.29. The highest BCUT2D eigenvalue weighted by molar-refractivity contribution is 7.99. The summed E-state index contributed by atoms with van der Waals surface area (Å²) in [6, 6.07) is 11.1. The second kappa shape index (κ2) is 7.80. The Kier molecular flexibility index (Phi) is 5.26. The van der Waals surface area contributed by atoms with Crippen molar-refractivity contribution in [3.05, 3.63) is 30.3 Å². The smallest absolute Gasteiger partial charge is 0.230 e. The molecule has 6 nitrogen and oxygen atoms in total. The van der Waals surface area contributed by atoms with Gasteiger partial charge in [-0.05, 0) is 25.7 Å². The van der Waals surface area contributed by atoms with E-state index in [4.69, 9.17) is 0 Å². The van der Waals surface area contributed by atoms with Gasteiger partial charge in [-0.25, -0.2) is 0 Å². The summed E-state index contributed by atoms with van der Waals surface area (Å²) in [7, 11) is 1.94. The van der Waals surface area contributed by atoms with Crippen LogP contribution in [0.15, 0.2) is 35.5 Å². The van der Waals surface area contributed by atoms with Crippen LogP contribution in [-0.2, 0) is 11.8 Å². The molecule has 2 fully saturated rings. The van der Waals surface area contributed by atoms with Crippen LogP contribution in [0.25, 0.3) is 11.4 Å². The summed E-state index contributed by atoms with van der Waals surface area (Å²) >= 11 is 1.44. The van der Waals surface area contributed by atoms with E-state index in [2.05, 4.69) is 20.4 Å². The number of nitrogens with one attached hydrogen (secondary N) is 1. The summed E-state index contributed by atoms with van der Waals surface area (Å²) in [6.45, 7) is 2.24. The van der Waals surface area contributed by atoms with Crippen molar-refractivity contribution in [3.63, 3.8) is 0 Å². The maximum atomic E-state index is 12.3. The van der Waals surface area contributed by atoms with Crippen LogP contribution in [-0.4, -0.2) is 56.5 Å². The molecule has 1 N–H and O–H groups in total. The first-order chi connectivity index (χ1) is 12.7. The molecule has 2 aromatic rings. The Balaban J connectivity index is 1.26. The molecule has 1 aromatic heterocycles. The van der Waals surface area contributed by atoms with Crippen molar-refractivity contribution >= 4 is 17.7 Å². The number of thioether (sulfide) groups is 1. The van der Waals surface area contributed by atoms with Gasteiger partial charge in [-0.2, -0.15) is 0 Å². The molecule has 0 spiro atoms. The van der Waals surface area contributed by atoms with E-state index >= 15 is 0 Å². The lowest BCUT2D eigenvalue weighted by Crippen LogP contribution is -2.45. The fraction of sp³-hybridized carbons (Fsp3) is 0.526. The standard InChI is InChI=1S/C19H25N5OS/c1-23-18(14-5-3-2-4-6-14)21-22-19(23)26-13-17(25)20-15-9-11-24(12-10-15)16-7-8-16/h2-6,15-16H,7-13H2,1H3,(H,20,25). The number of benzene rings is 1. The summed E-state index contributed by atoms with van der Waals surface area (Å²) < 4.78 is 1.95. The SMILES string of the molecule is Cn1c(SCC(=O)NC2CCN(C3CC3)CC2)nnc1-c1ccccc1. The number of piperidine rings is 1. The largest absolute Gasteiger partial charge is 0.353 e. The maximum Gasteiger partial charge on any atom is 0.230 e. The minimum atomic E-state index is 0.0872. The van der Waals surface area contributed by atoms with E-state index in [9.17, 15) is 4.79 Å². The monoisotopic (exact) mass is 371 g/mol. The Morgan fingerprint density at radius 1 is 1.15 bits per heavy atom. The summed E-state index contributed by atoms with van der Waals surface area (Å²) in [5, 5.41) is 12.5. The molecule has 1 saturated carbocycles. The number of aromatic nitrogens is 3. The average molecular weight is 372 g/mol.